The molecule has 1 unspecified atom stereocenters. The predicted molar refractivity (Wildman–Crippen MR) is 68.6 cm³/mol. The highest BCUT2D eigenvalue weighted by atomic mass is 16.5. The molecular formula is C15H22O2. The highest BCUT2D eigenvalue weighted by Gasteiger charge is 2.42. The second-order valence-electron chi connectivity index (χ2n) is 5.48. The molecule has 0 saturated heterocycles. The number of hydrogen-bond acceptors (Lipinski definition) is 2. The largest absolute Gasteiger partial charge is 0.381 e. The second kappa shape index (κ2) is 5.18. The van der Waals surface area contributed by atoms with Crippen molar-refractivity contribution < 1.29 is 9.53 Å². The maximum Gasteiger partial charge on any atom is 0.120 e. The standard InChI is InChI=1S/C15H22O2/c1-10(2)15-11(6-7-16)4-5-12-8-13(17-3)9-14(12)15/h4-5,7,11-15H,1,6,8-9H2,2-3H3/t11-,12+,13?,14-,15-/m1/s1. The monoisotopic (exact) mass is 234 g/mol. The van der Waals surface area contributed by atoms with Crippen molar-refractivity contribution in [3.63, 3.8) is 0 Å². The number of rotatable bonds is 4. The molecule has 0 radical (unpaired) electrons. The number of ether oxygens (including phenoxy) is 1. The van der Waals surface area contributed by atoms with E-state index in [1.165, 1.54) is 5.57 Å². The van der Waals surface area contributed by atoms with Crippen molar-refractivity contribution in [2.45, 2.75) is 32.3 Å². The van der Waals surface area contributed by atoms with Gasteiger partial charge in [-0.15, -0.1) is 0 Å². The fourth-order valence-electron chi connectivity index (χ4n) is 3.67. The lowest BCUT2D eigenvalue weighted by molar-refractivity contribution is -0.108. The Bertz CT molecular complexity index is 332. The van der Waals surface area contributed by atoms with Crippen LogP contribution in [0.5, 0.6) is 0 Å². The van der Waals surface area contributed by atoms with Crippen molar-refractivity contribution in [1.82, 2.24) is 0 Å². The lowest BCUT2D eigenvalue weighted by atomic mass is 9.68. The Hall–Kier alpha value is -0.890. The summed E-state index contributed by atoms with van der Waals surface area (Å²) in [5, 5.41) is 0. The van der Waals surface area contributed by atoms with E-state index in [0.717, 1.165) is 19.1 Å². The number of hydrogen-bond donors (Lipinski definition) is 0. The van der Waals surface area contributed by atoms with E-state index in [-0.39, 0.29) is 0 Å². The molecule has 2 nitrogen and oxygen atoms in total. The third kappa shape index (κ3) is 2.37. The molecule has 1 saturated carbocycles. The molecule has 0 heterocycles. The Morgan fingerprint density at radius 2 is 2.24 bits per heavy atom. The van der Waals surface area contributed by atoms with Gasteiger partial charge in [0.1, 0.15) is 6.29 Å². The lowest BCUT2D eigenvalue weighted by Gasteiger charge is -2.36. The molecule has 5 atom stereocenters. The van der Waals surface area contributed by atoms with E-state index in [0.29, 0.717) is 36.2 Å². The first-order valence-corrected chi connectivity index (χ1v) is 6.47. The molecule has 0 N–H and O–H groups in total. The van der Waals surface area contributed by atoms with E-state index in [4.69, 9.17) is 4.74 Å². The van der Waals surface area contributed by atoms with Gasteiger partial charge in [-0.3, -0.25) is 0 Å². The summed E-state index contributed by atoms with van der Waals surface area (Å²) in [6.45, 7) is 6.23. The van der Waals surface area contributed by atoms with Crippen LogP contribution < -0.4 is 0 Å². The van der Waals surface area contributed by atoms with Crippen molar-refractivity contribution in [3.8, 4) is 0 Å². The van der Waals surface area contributed by atoms with Crippen LogP contribution in [0.4, 0.5) is 0 Å². The van der Waals surface area contributed by atoms with Gasteiger partial charge in [-0.05, 0) is 43.4 Å². The van der Waals surface area contributed by atoms with Crippen LogP contribution in [0.25, 0.3) is 0 Å². The van der Waals surface area contributed by atoms with Gasteiger partial charge in [-0.2, -0.15) is 0 Å². The minimum Gasteiger partial charge on any atom is -0.381 e. The first kappa shape index (κ1) is 12.6. The Morgan fingerprint density at radius 3 is 2.82 bits per heavy atom. The van der Waals surface area contributed by atoms with Crippen LogP contribution in [-0.4, -0.2) is 19.5 Å². The predicted octanol–water partition coefficient (Wildman–Crippen LogP) is 2.99. The molecule has 0 bridgehead atoms. The molecule has 2 aliphatic carbocycles. The van der Waals surface area contributed by atoms with Gasteiger partial charge >= 0.3 is 0 Å². The van der Waals surface area contributed by atoms with Crippen LogP contribution in [0.2, 0.25) is 0 Å². The molecule has 0 amide bonds. The van der Waals surface area contributed by atoms with Crippen molar-refractivity contribution in [3.05, 3.63) is 24.3 Å². The van der Waals surface area contributed by atoms with Gasteiger partial charge in [-0.1, -0.05) is 24.3 Å². The molecule has 17 heavy (non-hydrogen) atoms. The second-order valence-corrected chi connectivity index (χ2v) is 5.48. The van der Waals surface area contributed by atoms with Crippen molar-refractivity contribution in [2.24, 2.45) is 23.7 Å². The molecule has 0 aromatic carbocycles. The molecule has 0 aromatic heterocycles. The van der Waals surface area contributed by atoms with E-state index in [1.54, 1.807) is 7.11 Å². The summed E-state index contributed by atoms with van der Waals surface area (Å²) in [6.07, 6.45) is 8.80. The fourth-order valence-corrected chi connectivity index (χ4v) is 3.67. The molecule has 1 fully saturated rings. The van der Waals surface area contributed by atoms with Gasteiger partial charge in [0.05, 0.1) is 6.10 Å². The van der Waals surface area contributed by atoms with Crippen LogP contribution in [0.1, 0.15) is 26.2 Å². The summed E-state index contributed by atoms with van der Waals surface area (Å²) in [6, 6.07) is 0. The van der Waals surface area contributed by atoms with Crippen LogP contribution in [0.15, 0.2) is 24.3 Å². The van der Waals surface area contributed by atoms with Crippen molar-refractivity contribution in [1.29, 1.82) is 0 Å². The molecule has 0 spiro atoms. The highest BCUT2D eigenvalue weighted by Crippen LogP contribution is 2.48. The third-order valence-electron chi connectivity index (χ3n) is 4.42. The number of aldehydes is 1. The topological polar surface area (TPSA) is 26.3 Å². The SMILES string of the molecule is C=C(C)[C@H]1[C@@H]2CC(OC)C[C@@H]2C=C[C@@H]1CC=O. The average Bonchev–Trinajstić information content (AvgIpc) is 2.71. The minimum absolute atomic E-state index is 0.349. The Morgan fingerprint density at radius 1 is 1.47 bits per heavy atom. The Balaban J connectivity index is 2.20. The van der Waals surface area contributed by atoms with Gasteiger partial charge in [0.15, 0.2) is 0 Å². The van der Waals surface area contributed by atoms with Crippen LogP contribution in [-0.2, 0) is 9.53 Å². The minimum atomic E-state index is 0.349. The number of carbonyl (C=O) groups excluding carboxylic acids is 1. The maximum atomic E-state index is 10.8. The van der Waals surface area contributed by atoms with Gasteiger partial charge in [-0.25, -0.2) is 0 Å². The number of methoxy groups -OCH3 is 1. The number of carbonyl (C=O) groups is 1. The molecule has 0 aliphatic heterocycles. The van der Waals surface area contributed by atoms with E-state index >= 15 is 0 Å². The quantitative estimate of drug-likeness (QED) is 0.552. The van der Waals surface area contributed by atoms with E-state index in [2.05, 4.69) is 25.7 Å². The lowest BCUT2D eigenvalue weighted by Crippen LogP contribution is -2.29. The van der Waals surface area contributed by atoms with Crippen molar-refractivity contribution in [2.75, 3.05) is 7.11 Å². The molecule has 2 rings (SSSR count). The molecule has 0 aromatic rings. The average molecular weight is 234 g/mol. The summed E-state index contributed by atoms with van der Waals surface area (Å²) in [4.78, 5) is 10.8. The fraction of sp³-hybridized carbons (Fsp3) is 0.667. The zero-order valence-electron chi connectivity index (χ0n) is 10.8. The summed E-state index contributed by atoms with van der Waals surface area (Å²) in [7, 11) is 1.80. The molecule has 2 heteroatoms. The van der Waals surface area contributed by atoms with Gasteiger partial charge in [0, 0.05) is 13.5 Å². The van der Waals surface area contributed by atoms with Crippen molar-refractivity contribution >= 4 is 6.29 Å². The number of fused-ring (bicyclic) bond motifs is 1. The van der Waals surface area contributed by atoms with Crippen LogP contribution >= 0.6 is 0 Å². The summed E-state index contributed by atoms with van der Waals surface area (Å²) < 4.78 is 5.49. The van der Waals surface area contributed by atoms with Gasteiger partial charge in [0.2, 0.25) is 0 Å². The van der Waals surface area contributed by atoms with Crippen LogP contribution in [0.3, 0.4) is 0 Å². The summed E-state index contributed by atoms with van der Waals surface area (Å²) >= 11 is 0. The summed E-state index contributed by atoms with van der Waals surface area (Å²) in [5.74, 6) is 2.04. The van der Waals surface area contributed by atoms with E-state index < -0.39 is 0 Å². The number of allylic oxidation sites excluding steroid dienone is 3. The van der Waals surface area contributed by atoms with E-state index in [9.17, 15) is 4.79 Å². The molecule has 94 valence electrons. The van der Waals surface area contributed by atoms with Gasteiger partial charge in [0.25, 0.3) is 0 Å². The Labute approximate surface area is 104 Å². The third-order valence-corrected chi connectivity index (χ3v) is 4.42. The van der Waals surface area contributed by atoms with E-state index in [1.807, 2.05) is 0 Å². The summed E-state index contributed by atoms with van der Waals surface area (Å²) in [5.41, 5.74) is 1.22. The molecular weight excluding hydrogens is 212 g/mol. The highest BCUT2D eigenvalue weighted by molar-refractivity contribution is 5.51. The van der Waals surface area contributed by atoms with Gasteiger partial charge < -0.3 is 9.53 Å². The zero-order valence-corrected chi connectivity index (χ0v) is 10.8. The first-order chi connectivity index (χ1) is 8.17. The normalized spacial score (nSPS) is 40.0. The van der Waals surface area contributed by atoms with Crippen LogP contribution in [0, 0.1) is 23.7 Å². The smallest absolute Gasteiger partial charge is 0.120 e. The Kier molecular flexibility index (Phi) is 3.82. The first-order valence-electron chi connectivity index (χ1n) is 6.47. The molecule has 2 aliphatic rings. The zero-order chi connectivity index (χ0) is 12.4. The maximum absolute atomic E-state index is 10.8.